The molecule has 1 saturated heterocycles. The van der Waals surface area contributed by atoms with Gasteiger partial charge in [-0.05, 0) is 63.3 Å². The average molecular weight is 460 g/mol. The van der Waals surface area contributed by atoms with E-state index in [1.165, 1.54) is 4.90 Å². The molecule has 1 aromatic carbocycles. The second-order valence-corrected chi connectivity index (χ2v) is 9.32. The summed E-state index contributed by atoms with van der Waals surface area (Å²) >= 11 is 0. The molecule has 0 saturated carbocycles. The van der Waals surface area contributed by atoms with E-state index in [1.54, 1.807) is 33.0 Å². The third kappa shape index (κ3) is 6.55. The number of amides is 2. The summed E-state index contributed by atoms with van der Waals surface area (Å²) in [7, 11) is 0. The number of rotatable bonds is 5. The van der Waals surface area contributed by atoms with E-state index < -0.39 is 23.8 Å². The second kappa shape index (κ2) is 10.8. The van der Waals surface area contributed by atoms with Gasteiger partial charge in [0.05, 0.1) is 6.07 Å². The molecular formula is C26H29N5O3. The Bertz CT molecular complexity index is 1090. The van der Waals surface area contributed by atoms with Crippen LogP contribution in [0.5, 0.6) is 0 Å². The zero-order valence-corrected chi connectivity index (χ0v) is 19.7. The number of pyridine rings is 1. The van der Waals surface area contributed by atoms with Gasteiger partial charge in [0.2, 0.25) is 5.91 Å². The molecule has 1 fully saturated rings. The zero-order chi connectivity index (χ0) is 24.7. The fourth-order valence-electron chi connectivity index (χ4n) is 3.84. The van der Waals surface area contributed by atoms with E-state index in [2.05, 4.69) is 16.4 Å². The van der Waals surface area contributed by atoms with Gasteiger partial charge in [0.15, 0.2) is 0 Å². The van der Waals surface area contributed by atoms with E-state index in [0.717, 1.165) is 29.5 Å². The molecule has 176 valence electrons. The van der Waals surface area contributed by atoms with Crippen molar-refractivity contribution in [2.24, 2.45) is 0 Å². The Kier molecular flexibility index (Phi) is 7.86. The van der Waals surface area contributed by atoms with Crippen molar-refractivity contribution < 1.29 is 14.3 Å². The van der Waals surface area contributed by atoms with Crippen molar-refractivity contribution in [2.45, 2.75) is 64.1 Å². The third-order valence-electron chi connectivity index (χ3n) is 5.51. The average Bonchev–Trinajstić information content (AvgIpc) is 2.83. The van der Waals surface area contributed by atoms with Crippen LogP contribution in [0.25, 0.3) is 11.1 Å². The highest BCUT2D eigenvalue weighted by molar-refractivity contribution is 5.86. The van der Waals surface area contributed by atoms with Gasteiger partial charge in [-0.2, -0.15) is 10.5 Å². The predicted molar refractivity (Wildman–Crippen MR) is 126 cm³/mol. The van der Waals surface area contributed by atoms with Gasteiger partial charge in [0.1, 0.15) is 29.4 Å². The molecule has 2 heterocycles. The number of nitrogens with zero attached hydrogens (tertiary/aromatic N) is 4. The Morgan fingerprint density at radius 3 is 2.44 bits per heavy atom. The minimum Gasteiger partial charge on any atom is -0.444 e. The van der Waals surface area contributed by atoms with Crippen LogP contribution < -0.4 is 5.32 Å². The minimum absolute atomic E-state index is 0.336. The Hall–Kier alpha value is -3.91. The maximum atomic E-state index is 13.0. The number of nitriles is 2. The maximum absolute atomic E-state index is 13.0. The maximum Gasteiger partial charge on any atom is 0.410 e. The Labute approximate surface area is 200 Å². The standard InChI is InChI=1S/C26H29N5O3/c1-26(2,3)34-25(33)31-13-5-4-6-23(31)24(32)30-22(16-28)14-18-7-9-19(10-8-18)20-11-12-21(15-27)29-17-20/h7-12,17,22-23H,4-6,13-14H2,1-3H3,(H,30,32). The molecule has 0 bridgehead atoms. The molecule has 2 unspecified atom stereocenters. The van der Waals surface area contributed by atoms with Gasteiger partial charge in [-0.25, -0.2) is 9.78 Å². The highest BCUT2D eigenvalue weighted by Crippen LogP contribution is 2.22. The lowest BCUT2D eigenvalue weighted by Crippen LogP contribution is -2.54. The monoisotopic (exact) mass is 459 g/mol. The van der Waals surface area contributed by atoms with Crippen molar-refractivity contribution in [3.63, 3.8) is 0 Å². The fourth-order valence-corrected chi connectivity index (χ4v) is 3.84. The first-order valence-electron chi connectivity index (χ1n) is 11.4. The van der Waals surface area contributed by atoms with Crippen molar-refractivity contribution in [3.8, 4) is 23.3 Å². The van der Waals surface area contributed by atoms with Gasteiger partial charge in [-0.15, -0.1) is 0 Å². The molecule has 2 aromatic rings. The van der Waals surface area contributed by atoms with Crippen molar-refractivity contribution in [1.82, 2.24) is 15.2 Å². The van der Waals surface area contributed by atoms with E-state index in [1.807, 2.05) is 36.4 Å². The Balaban J connectivity index is 1.63. The van der Waals surface area contributed by atoms with Crippen molar-refractivity contribution in [1.29, 1.82) is 10.5 Å². The Morgan fingerprint density at radius 2 is 1.85 bits per heavy atom. The minimum atomic E-state index is -0.725. The number of aromatic nitrogens is 1. The largest absolute Gasteiger partial charge is 0.444 e. The molecule has 8 heteroatoms. The molecule has 0 aliphatic carbocycles. The molecule has 2 atom stereocenters. The number of benzene rings is 1. The van der Waals surface area contributed by atoms with Gasteiger partial charge in [-0.1, -0.05) is 24.3 Å². The van der Waals surface area contributed by atoms with E-state index in [4.69, 9.17) is 10.00 Å². The highest BCUT2D eigenvalue weighted by Gasteiger charge is 2.35. The lowest BCUT2D eigenvalue weighted by molar-refractivity contribution is -0.128. The van der Waals surface area contributed by atoms with Crippen molar-refractivity contribution in [2.75, 3.05) is 6.54 Å². The molecule has 34 heavy (non-hydrogen) atoms. The summed E-state index contributed by atoms with van der Waals surface area (Å²) in [6, 6.07) is 13.9. The number of carbonyl (C=O) groups excluding carboxylic acids is 2. The molecule has 3 rings (SSSR count). The van der Waals surface area contributed by atoms with Crippen LogP contribution in [0.3, 0.4) is 0 Å². The molecule has 1 aliphatic heterocycles. The summed E-state index contributed by atoms with van der Waals surface area (Å²) in [5.74, 6) is -0.336. The van der Waals surface area contributed by atoms with E-state index in [0.29, 0.717) is 25.1 Å². The van der Waals surface area contributed by atoms with Crippen LogP contribution in [0.1, 0.15) is 51.3 Å². The number of nitrogens with one attached hydrogen (secondary N) is 1. The molecule has 1 N–H and O–H groups in total. The molecule has 0 spiro atoms. The van der Waals surface area contributed by atoms with Crippen LogP contribution in [0, 0.1) is 22.7 Å². The summed E-state index contributed by atoms with van der Waals surface area (Å²) in [5, 5.41) is 21.3. The fraction of sp³-hybridized carbons (Fsp3) is 0.423. The third-order valence-corrected chi connectivity index (χ3v) is 5.51. The van der Waals surface area contributed by atoms with Crippen molar-refractivity contribution in [3.05, 3.63) is 53.9 Å². The van der Waals surface area contributed by atoms with Crippen LogP contribution in [0.4, 0.5) is 4.79 Å². The zero-order valence-electron chi connectivity index (χ0n) is 19.7. The molecule has 1 aliphatic rings. The summed E-state index contributed by atoms with van der Waals surface area (Å²) in [6.45, 7) is 5.83. The lowest BCUT2D eigenvalue weighted by Gasteiger charge is -2.36. The molecular weight excluding hydrogens is 430 g/mol. The summed E-state index contributed by atoms with van der Waals surface area (Å²) in [4.78, 5) is 31.1. The van der Waals surface area contributed by atoms with Crippen LogP contribution in [0.2, 0.25) is 0 Å². The predicted octanol–water partition coefficient (Wildman–Crippen LogP) is 3.96. The lowest BCUT2D eigenvalue weighted by atomic mass is 9.99. The first-order valence-corrected chi connectivity index (χ1v) is 11.4. The SMILES string of the molecule is CC(C)(C)OC(=O)N1CCCCC1C(=O)NC(C#N)Cc1ccc(-c2ccc(C#N)nc2)cc1. The van der Waals surface area contributed by atoms with E-state index in [-0.39, 0.29) is 5.91 Å². The van der Waals surface area contributed by atoms with Gasteiger partial charge >= 0.3 is 6.09 Å². The number of likely N-dealkylation sites (tertiary alicyclic amines) is 1. The first-order chi connectivity index (χ1) is 16.2. The number of piperidine rings is 1. The molecule has 8 nitrogen and oxygen atoms in total. The number of hydrogen-bond donors (Lipinski definition) is 1. The van der Waals surface area contributed by atoms with Gasteiger partial charge in [-0.3, -0.25) is 9.69 Å². The van der Waals surface area contributed by atoms with Gasteiger partial charge < -0.3 is 10.1 Å². The smallest absolute Gasteiger partial charge is 0.410 e. The summed E-state index contributed by atoms with van der Waals surface area (Å²) < 4.78 is 5.47. The normalized spacial score (nSPS) is 16.6. The molecule has 2 amide bonds. The van der Waals surface area contributed by atoms with Crippen LogP contribution in [-0.2, 0) is 16.0 Å². The molecule has 1 aromatic heterocycles. The van der Waals surface area contributed by atoms with Crippen molar-refractivity contribution >= 4 is 12.0 Å². The summed E-state index contributed by atoms with van der Waals surface area (Å²) in [6.07, 6.45) is 3.66. The molecule has 0 radical (unpaired) electrons. The van der Waals surface area contributed by atoms with Crippen LogP contribution in [-0.4, -0.2) is 46.1 Å². The number of carbonyl (C=O) groups is 2. The summed E-state index contributed by atoms with van der Waals surface area (Å²) in [5.41, 5.74) is 2.43. The van der Waals surface area contributed by atoms with Gasteiger partial charge in [0.25, 0.3) is 0 Å². The van der Waals surface area contributed by atoms with E-state index in [9.17, 15) is 14.9 Å². The van der Waals surface area contributed by atoms with Gasteiger partial charge in [0, 0.05) is 24.7 Å². The quantitative estimate of drug-likeness (QED) is 0.723. The number of ether oxygens (including phenoxy) is 1. The van der Waals surface area contributed by atoms with E-state index >= 15 is 0 Å². The topological polar surface area (TPSA) is 119 Å². The Morgan fingerprint density at radius 1 is 1.15 bits per heavy atom. The first kappa shape index (κ1) is 24.7. The van der Waals surface area contributed by atoms with Crippen LogP contribution >= 0.6 is 0 Å². The number of hydrogen-bond acceptors (Lipinski definition) is 6. The van der Waals surface area contributed by atoms with Crippen LogP contribution in [0.15, 0.2) is 42.6 Å². The second-order valence-electron chi connectivity index (χ2n) is 9.32. The highest BCUT2D eigenvalue weighted by atomic mass is 16.6.